The molecule has 0 saturated carbocycles. The van der Waals surface area contributed by atoms with Crippen LogP contribution in [0.4, 0.5) is 13.2 Å². The van der Waals surface area contributed by atoms with Gasteiger partial charge in [0.2, 0.25) is 0 Å². The van der Waals surface area contributed by atoms with Gasteiger partial charge in [-0.1, -0.05) is 42.1 Å². The van der Waals surface area contributed by atoms with Crippen LogP contribution in [-0.2, 0) is 17.7 Å². The van der Waals surface area contributed by atoms with Crippen molar-refractivity contribution in [3.05, 3.63) is 88.1 Å². The SMILES string of the molecule is COc1ccc(C=NN=C(N)SCc2ccccc2)cc1CSc1nc(C(F)(F)F)cc(C)c1C#N. The normalized spacial score (nSPS) is 12.1. The fourth-order valence-corrected chi connectivity index (χ4v) is 4.72. The minimum atomic E-state index is -4.61. The van der Waals surface area contributed by atoms with Crippen LogP contribution in [0.25, 0.3) is 0 Å². The lowest BCUT2D eigenvalue weighted by Gasteiger charge is -2.13. The van der Waals surface area contributed by atoms with Gasteiger partial charge in [0.1, 0.15) is 22.5 Å². The molecular formula is C25H22F3N5OS2. The molecule has 6 nitrogen and oxygen atoms in total. The number of hydrogen-bond donors (Lipinski definition) is 1. The van der Waals surface area contributed by atoms with Gasteiger partial charge in [-0.15, -0.1) is 16.9 Å². The Morgan fingerprint density at radius 2 is 1.92 bits per heavy atom. The van der Waals surface area contributed by atoms with Crippen LogP contribution in [0.2, 0.25) is 0 Å². The van der Waals surface area contributed by atoms with E-state index in [9.17, 15) is 18.4 Å². The molecule has 0 amide bonds. The molecule has 0 radical (unpaired) electrons. The number of thioether (sulfide) groups is 2. The summed E-state index contributed by atoms with van der Waals surface area (Å²) in [5, 5.41) is 17.8. The molecule has 0 saturated heterocycles. The first-order chi connectivity index (χ1) is 17.2. The standard InChI is InChI=1S/C25H22F3N5OS2/c1-16-10-22(25(26,27)28)32-23(20(16)12-29)35-15-19-11-18(8-9-21(19)34-2)13-31-33-24(30)36-14-17-6-4-3-5-7-17/h3-11,13H,14-15H2,1-2H3,(H2,30,33). The lowest BCUT2D eigenvalue weighted by Crippen LogP contribution is -2.10. The van der Waals surface area contributed by atoms with Crippen LogP contribution >= 0.6 is 23.5 Å². The molecule has 0 aliphatic heterocycles. The number of halogens is 3. The minimum absolute atomic E-state index is 0.0127. The molecule has 2 N–H and O–H groups in total. The number of rotatable bonds is 8. The lowest BCUT2D eigenvalue weighted by atomic mass is 10.1. The summed E-state index contributed by atoms with van der Waals surface area (Å²) in [4.78, 5) is 3.69. The zero-order valence-electron chi connectivity index (χ0n) is 19.4. The van der Waals surface area contributed by atoms with Gasteiger partial charge in [0, 0.05) is 17.1 Å². The highest BCUT2D eigenvalue weighted by molar-refractivity contribution is 8.13. The second-order valence-electron chi connectivity index (χ2n) is 7.43. The van der Waals surface area contributed by atoms with Crippen molar-refractivity contribution in [1.29, 1.82) is 5.26 Å². The smallest absolute Gasteiger partial charge is 0.433 e. The summed E-state index contributed by atoms with van der Waals surface area (Å²) in [6, 6.07) is 17.9. The van der Waals surface area contributed by atoms with E-state index in [-0.39, 0.29) is 21.9 Å². The van der Waals surface area contributed by atoms with Crippen LogP contribution in [-0.4, -0.2) is 23.5 Å². The van der Waals surface area contributed by atoms with E-state index in [2.05, 4.69) is 15.2 Å². The van der Waals surface area contributed by atoms with Gasteiger partial charge >= 0.3 is 6.18 Å². The van der Waals surface area contributed by atoms with Crippen molar-refractivity contribution in [2.75, 3.05) is 7.11 Å². The third-order valence-corrected chi connectivity index (χ3v) is 6.73. The average Bonchev–Trinajstić information content (AvgIpc) is 2.86. The van der Waals surface area contributed by atoms with Gasteiger partial charge in [-0.2, -0.15) is 23.5 Å². The molecule has 1 heterocycles. The molecule has 2 aromatic carbocycles. The number of hydrogen-bond acceptors (Lipinski definition) is 7. The number of alkyl halides is 3. The lowest BCUT2D eigenvalue weighted by molar-refractivity contribution is -0.141. The van der Waals surface area contributed by atoms with Crippen molar-refractivity contribution in [3.8, 4) is 11.8 Å². The number of pyridine rings is 1. The summed E-state index contributed by atoms with van der Waals surface area (Å²) in [5.41, 5.74) is 7.73. The van der Waals surface area contributed by atoms with Crippen molar-refractivity contribution in [3.63, 3.8) is 0 Å². The van der Waals surface area contributed by atoms with Crippen LogP contribution in [0.15, 0.2) is 69.8 Å². The van der Waals surface area contributed by atoms with Crippen LogP contribution in [0.5, 0.6) is 5.75 Å². The van der Waals surface area contributed by atoms with Gasteiger partial charge in [0.25, 0.3) is 0 Å². The second kappa shape index (κ2) is 12.5. The third-order valence-electron chi connectivity index (χ3n) is 4.85. The number of benzene rings is 2. The number of aryl methyl sites for hydroxylation is 1. The van der Waals surface area contributed by atoms with Gasteiger partial charge in [-0.05, 0) is 47.9 Å². The zero-order valence-corrected chi connectivity index (χ0v) is 21.0. The van der Waals surface area contributed by atoms with Gasteiger partial charge in [-0.25, -0.2) is 4.98 Å². The maximum atomic E-state index is 13.2. The summed E-state index contributed by atoms with van der Waals surface area (Å²) in [6.45, 7) is 1.46. The Kier molecular flexibility index (Phi) is 9.38. The quantitative estimate of drug-likeness (QED) is 0.162. The van der Waals surface area contributed by atoms with Gasteiger partial charge in [0.05, 0.1) is 18.9 Å². The third kappa shape index (κ3) is 7.50. The monoisotopic (exact) mass is 529 g/mol. The van der Waals surface area contributed by atoms with Crippen LogP contribution in [0.1, 0.15) is 33.5 Å². The molecule has 0 fully saturated rings. The number of nitriles is 1. The highest BCUT2D eigenvalue weighted by Crippen LogP contribution is 2.35. The molecule has 3 rings (SSSR count). The Labute approximate surface area is 215 Å². The molecule has 0 bridgehead atoms. The van der Waals surface area contributed by atoms with Gasteiger partial charge < -0.3 is 10.5 Å². The predicted molar refractivity (Wildman–Crippen MR) is 138 cm³/mol. The van der Waals surface area contributed by atoms with E-state index in [1.807, 2.05) is 36.4 Å². The molecule has 0 aliphatic rings. The van der Waals surface area contributed by atoms with E-state index < -0.39 is 11.9 Å². The predicted octanol–water partition coefficient (Wildman–Crippen LogP) is 6.16. The van der Waals surface area contributed by atoms with Crippen molar-refractivity contribution in [2.24, 2.45) is 15.9 Å². The van der Waals surface area contributed by atoms with E-state index in [4.69, 9.17) is 10.5 Å². The summed E-state index contributed by atoms with van der Waals surface area (Å²) in [6.07, 6.45) is -3.08. The first-order valence-corrected chi connectivity index (χ1v) is 12.5. The summed E-state index contributed by atoms with van der Waals surface area (Å²) in [5.74, 6) is 1.44. The largest absolute Gasteiger partial charge is 0.496 e. The summed E-state index contributed by atoms with van der Waals surface area (Å²) in [7, 11) is 1.50. The van der Waals surface area contributed by atoms with Crippen LogP contribution in [0.3, 0.4) is 0 Å². The Bertz CT molecular complexity index is 1310. The molecule has 3 aromatic rings. The molecule has 0 spiro atoms. The maximum absolute atomic E-state index is 13.2. The van der Waals surface area contributed by atoms with E-state index in [1.165, 1.54) is 32.0 Å². The fourth-order valence-electron chi connectivity index (χ4n) is 3.08. The van der Waals surface area contributed by atoms with E-state index in [0.29, 0.717) is 27.8 Å². The number of aromatic nitrogens is 1. The molecule has 0 aliphatic carbocycles. The van der Waals surface area contributed by atoms with E-state index in [1.54, 1.807) is 18.2 Å². The molecule has 11 heteroatoms. The van der Waals surface area contributed by atoms with Crippen molar-refractivity contribution < 1.29 is 17.9 Å². The molecule has 1 aromatic heterocycles. The first-order valence-electron chi connectivity index (χ1n) is 10.5. The van der Waals surface area contributed by atoms with Crippen molar-refractivity contribution in [1.82, 2.24) is 4.98 Å². The number of amidine groups is 1. The summed E-state index contributed by atoms with van der Waals surface area (Å²) >= 11 is 2.40. The van der Waals surface area contributed by atoms with Crippen LogP contribution in [0, 0.1) is 18.3 Å². The highest BCUT2D eigenvalue weighted by atomic mass is 32.2. The van der Waals surface area contributed by atoms with Crippen LogP contribution < -0.4 is 10.5 Å². The molecule has 36 heavy (non-hydrogen) atoms. The number of ether oxygens (including phenoxy) is 1. The molecular weight excluding hydrogens is 507 g/mol. The Balaban J connectivity index is 1.74. The van der Waals surface area contributed by atoms with Crippen molar-refractivity contribution in [2.45, 2.75) is 29.6 Å². The highest BCUT2D eigenvalue weighted by Gasteiger charge is 2.34. The topological polar surface area (TPSA) is 96.7 Å². The maximum Gasteiger partial charge on any atom is 0.433 e. The van der Waals surface area contributed by atoms with Crippen molar-refractivity contribution >= 4 is 34.9 Å². The Morgan fingerprint density at radius 1 is 1.17 bits per heavy atom. The molecule has 0 atom stereocenters. The van der Waals surface area contributed by atoms with E-state index >= 15 is 0 Å². The van der Waals surface area contributed by atoms with Gasteiger partial charge in [-0.3, -0.25) is 0 Å². The second-order valence-corrected chi connectivity index (χ2v) is 9.39. The first kappa shape index (κ1) is 27.1. The zero-order chi connectivity index (χ0) is 26.1. The minimum Gasteiger partial charge on any atom is -0.496 e. The molecule has 0 unspecified atom stereocenters. The number of nitrogens with zero attached hydrogens (tertiary/aromatic N) is 4. The molecule has 186 valence electrons. The number of methoxy groups -OCH3 is 1. The van der Waals surface area contributed by atoms with Gasteiger partial charge in [0.15, 0.2) is 5.17 Å². The number of nitrogens with two attached hydrogens (primary N) is 1. The fraction of sp³-hybridized carbons (Fsp3) is 0.200. The Hall–Kier alpha value is -3.49. The van der Waals surface area contributed by atoms with E-state index in [0.717, 1.165) is 23.4 Å². The summed E-state index contributed by atoms with van der Waals surface area (Å²) < 4.78 is 45.0. The average molecular weight is 530 g/mol. The Morgan fingerprint density at radius 3 is 2.58 bits per heavy atom.